The van der Waals surface area contributed by atoms with Gasteiger partial charge in [0.05, 0.1) is 24.8 Å². The van der Waals surface area contributed by atoms with E-state index in [0.717, 1.165) is 16.8 Å². The highest BCUT2D eigenvalue weighted by Gasteiger charge is 2.20. The first-order valence-corrected chi connectivity index (χ1v) is 12.7. The van der Waals surface area contributed by atoms with Crippen LogP contribution in [0.5, 0.6) is 11.5 Å². The van der Waals surface area contributed by atoms with Crippen molar-refractivity contribution in [1.29, 1.82) is 0 Å². The van der Waals surface area contributed by atoms with Crippen LogP contribution in [-0.2, 0) is 29.2 Å². The van der Waals surface area contributed by atoms with Crippen molar-refractivity contribution in [3.63, 3.8) is 0 Å². The zero-order valence-electron chi connectivity index (χ0n) is 17.9. The molecule has 0 radical (unpaired) electrons. The fourth-order valence-corrected chi connectivity index (χ4v) is 4.45. The maximum absolute atomic E-state index is 11.7. The third-order valence-corrected chi connectivity index (χ3v) is 6.17. The zero-order valence-corrected chi connectivity index (χ0v) is 19.6. The Bertz CT molecular complexity index is 1160. The smallest absolute Gasteiger partial charge is 0.362 e. The number of hydrogen-bond acceptors (Lipinski definition) is 9. The second-order valence-electron chi connectivity index (χ2n) is 6.62. The first-order chi connectivity index (χ1) is 15.7. The molecule has 0 bridgehead atoms. The van der Waals surface area contributed by atoms with E-state index in [1.165, 1.54) is 24.3 Å². The van der Waals surface area contributed by atoms with Gasteiger partial charge in [0, 0.05) is 6.20 Å². The van der Waals surface area contributed by atoms with Crippen molar-refractivity contribution in [2.45, 2.75) is 19.8 Å². The average molecular weight is 494 g/mol. The summed E-state index contributed by atoms with van der Waals surface area (Å²) >= 11 is 0. The molecule has 9 nitrogen and oxygen atoms in total. The lowest BCUT2D eigenvalue weighted by molar-refractivity contribution is 0.286. The van der Waals surface area contributed by atoms with Gasteiger partial charge in [-0.1, -0.05) is 30.3 Å². The molecule has 0 aliphatic rings. The largest absolute Gasteiger partial charge is 0.449 e. The minimum atomic E-state index is -4.13. The van der Waals surface area contributed by atoms with E-state index in [9.17, 15) is 16.8 Å². The van der Waals surface area contributed by atoms with Gasteiger partial charge in [-0.05, 0) is 61.4 Å². The van der Waals surface area contributed by atoms with E-state index in [0.29, 0.717) is 0 Å². The molecule has 176 valence electrons. The Balaban J connectivity index is 1.91. The van der Waals surface area contributed by atoms with Gasteiger partial charge in [-0.2, -0.15) is 16.8 Å². The lowest BCUT2D eigenvalue weighted by Crippen LogP contribution is -2.13. The first kappa shape index (κ1) is 24.6. The summed E-state index contributed by atoms with van der Waals surface area (Å²) in [5.41, 5.74) is 2.36. The van der Waals surface area contributed by atoms with E-state index in [1.54, 1.807) is 50.4 Å². The van der Waals surface area contributed by atoms with Crippen LogP contribution in [0, 0.1) is 0 Å². The summed E-state index contributed by atoms with van der Waals surface area (Å²) in [6.45, 7) is 3.02. The molecule has 1 heterocycles. The minimum absolute atomic E-state index is 0.0340. The highest BCUT2D eigenvalue weighted by atomic mass is 32.3. The van der Waals surface area contributed by atoms with E-state index in [2.05, 4.69) is 13.4 Å². The standard InChI is InChI=1S/C22H23NO8S2/c1-3-28-32(24,25)30-19-12-8-17(9-13-19)22(21-7-5-6-16-23-21)18-10-14-20(15-11-18)31-33(26,27)29-4-2/h5-16,22H,3-4H2,1-2H3. The number of hydrogen-bond donors (Lipinski definition) is 0. The third kappa shape index (κ3) is 6.99. The van der Waals surface area contributed by atoms with Gasteiger partial charge in [0.1, 0.15) is 11.5 Å². The van der Waals surface area contributed by atoms with Gasteiger partial charge in [-0.25, -0.2) is 8.37 Å². The molecule has 1 aromatic heterocycles. The predicted octanol–water partition coefficient (Wildman–Crippen LogP) is 3.58. The molecule has 3 rings (SSSR count). The molecule has 0 aliphatic carbocycles. The first-order valence-electron chi connectivity index (χ1n) is 10.0. The van der Waals surface area contributed by atoms with Gasteiger partial charge in [-0.15, -0.1) is 0 Å². The van der Waals surface area contributed by atoms with Crippen LogP contribution in [0.25, 0.3) is 0 Å². The molecule has 0 amide bonds. The molecule has 0 saturated heterocycles. The van der Waals surface area contributed by atoms with Crippen LogP contribution in [0.4, 0.5) is 0 Å². The lowest BCUT2D eigenvalue weighted by Gasteiger charge is -2.18. The van der Waals surface area contributed by atoms with Crippen molar-refractivity contribution in [2.24, 2.45) is 0 Å². The normalized spacial score (nSPS) is 12.0. The quantitative estimate of drug-likeness (QED) is 0.395. The molecule has 3 aromatic rings. The molecule has 0 atom stereocenters. The molecular weight excluding hydrogens is 470 g/mol. The average Bonchev–Trinajstić information content (AvgIpc) is 2.76. The summed E-state index contributed by atoms with van der Waals surface area (Å²) in [5, 5.41) is 0. The van der Waals surface area contributed by atoms with Crippen LogP contribution >= 0.6 is 0 Å². The van der Waals surface area contributed by atoms with E-state index < -0.39 is 20.8 Å². The molecule has 0 saturated carbocycles. The summed E-state index contributed by atoms with van der Waals surface area (Å²) in [4.78, 5) is 4.45. The molecule has 33 heavy (non-hydrogen) atoms. The van der Waals surface area contributed by atoms with E-state index >= 15 is 0 Å². The Morgan fingerprint density at radius 1 is 0.697 bits per heavy atom. The molecule has 0 spiro atoms. The van der Waals surface area contributed by atoms with Crippen molar-refractivity contribution >= 4 is 20.8 Å². The van der Waals surface area contributed by atoms with Gasteiger partial charge in [-0.3, -0.25) is 4.98 Å². The van der Waals surface area contributed by atoms with Crippen molar-refractivity contribution in [2.75, 3.05) is 13.2 Å². The summed E-state index contributed by atoms with van der Waals surface area (Å²) in [7, 11) is -8.26. The van der Waals surface area contributed by atoms with Gasteiger partial charge < -0.3 is 8.37 Å². The van der Waals surface area contributed by atoms with Gasteiger partial charge >= 0.3 is 20.8 Å². The molecule has 0 fully saturated rings. The van der Waals surface area contributed by atoms with E-state index in [4.69, 9.17) is 8.37 Å². The number of nitrogens with zero attached hydrogens (tertiary/aromatic N) is 1. The molecule has 2 aromatic carbocycles. The third-order valence-electron chi connectivity index (χ3n) is 4.33. The highest BCUT2D eigenvalue weighted by molar-refractivity contribution is 7.82. The van der Waals surface area contributed by atoms with Gasteiger partial charge in [0.15, 0.2) is 0 Å². The summed E-state index contributed by atoms with van der Waals surface area (Å²) in [5.74, 6) is -0.102. The van der Waals surface area contributed by atoms with Crippen LogP contribution in [0.15, 0.2) is 72.9 Å². The number of aromatic nitrogens is 1. The van der Waals surface area contributed by atoms with Crippen LogP contribution in [0.1, 0.15) is 36.6 Å². The van der Waals surface area contributed by atoms with Crippen molar-refractivity contribution in [3.8, 4) is 11.5 Å². The van der Waals surface area contributed by atoms with E-state index in [1.807, 2.05) is 12.1 Å². The van der Waals surface area contributed by atoms with Crippen molar-refractivity contribution < 1.29 is 33.6 Å². The Labute approximate surface area is 193 Å². The van der Waals surface area contributed by atoms with Crippen LogP contribution in [-0.4, -0.2) is 35.0 Å². The number of pyridine rings is 1. The summed E-state index contributed by atoms with van der Waals surface area (Å²) < 4.78 is 65.9. The van der Waals surface area contributed by atoms with Gasteiger partial charge in [0.2, 0.25) is 0 Å². The minimum Gasteiger partial charge on any atom is -0.362 e. The highest BCUT2D eigenvalue weighted by Crippen LogP contribution is 2.33. The summed E-state index contributed by atoms with van der Waals surface area (Å²) in [6.07, 6.45) is 1.67. The Morgan fingerprint density at radius 3 is 1.52 bits per heavy atom. The number of rotatable bonds is 11. The fourth-order valence-electron chi connectivity index (χ4n) is 3.08. The van der Waals surface area contributed by atoms with Crippen LogP contribution < -0.4 is 8.37 Å². The monoisotopic (exact) mass is 493 g/mol. The SMILES string of the molecule is CCOS(=O)(=O)Oc1ccc(C(c2ccc(OS(=O)(=O)OCC)cc2)c2ccccn2)cc1. The lowest BCUT2D eigenvalue weighted by atomic mass is 9.88. The molecule has 0 unspecified atom stereocenters. The second kappa shape index (κ2) is 10.8. The van der Waals surface area contributed by atoms with E-state index in [-0.39, 0.29) is 30.6 Å². The Morgan fingerprint density at radius 2 is 1.15 bits per heavy atom. The maximum atomic E-state index is 11.7. The topological polar surface area (TPSA) is 118 Å². The van der Waals surface area contributed by atoms with Gasteiger partial charge in [0.25, 0.3) is 0 Å². The van der Waals surface area contributed by atoms with Crippen LogP contribution in [0.2, 0.25) is 0 Å². The Hall–Kier alpha value is -2.99. The number of benzene rings is 2. The molecule has 11 heteroatoms. The maximum Gasteiger partial charge on any atom is 0.449 e. The van der Waals surface area contributed by atoms with Crippen molar-refractivity contribution in [1.82, 2.24) is 4.98 Å². The Kier molecular flexibility index (Phi) is 8.03. The molecule has 0 aliphatic heterocycles. The predicted molar refractivity (Wildman–Crippen MR) is 120 cm³/mol. The van der Waals surface area contributed by atoms with Crippen molar-refractivity contribution in [3.05, 3.63) is 89.7 Å². The zero-order chi connectivity index (χ0) is 23.9. The molecule has 0 N–H and O–H groups in total. The van der Waals surface area contributed by atoms with Crippen LogP contribution in [0.3, 0.4) is 0 Å². The fraction of sp³-hybridized carbons (Fsp3) is 0.227. The molecular formula is C22H23NO8S2. The summed E-state index contributed by atoms with van der Waals surface area (Å²) in [6, 6.07) is 18.5. The second-order valence-corrected chi connectivity index (χ2v) is 9.06.